The number of para-hydroxylation sites is 1. The summed E-state index contributed by atoms with van der Waals surface area (Å²) in [6.45, 7) is 6.57. The Bertz CT molecular complexity index is 2140. The molecule has 21 nitrogen and oxygen atoms in total. The van der Waals surface area contributed by atoms with Crippen LogP contribution in [0.2, 0.25) is 0 Å². The second-order valence-corrected chi connectivity index (χ2v) is 16.4. The summed E-state index contributed by atoms with van der Waals surface area (Å²) < 4.78 is 0. The minimum Gasteiger partial charge on any atom is -0.481 e. The van der Waals surface area contributed by atoms with Crippen LogP contribution in [0.5, 0.6) is 0 Å². The van der Waals surface area contributed by atoms with E-state index in [-0.39, 0.29) is 57.1 Å². The van der Waals surface area contributed by atoms with Crippen LogP contribution in [0.4, 0.5) is 0 Å². The molecule has 0 bridgehead atoms. The maximum atomic E-state index is 14.4. The summed E-state index contributed by atoms with van der Waals surface area (Å²) in [6.07, 6.45) is 0.715. The molecule has 1 heterocycles. The lowest BCUT2D eigenvalue weighted by molar-refractivity contribution is -0.143. The van der Waals surface area contributed by atoms with E-state index >= 15 is 0 Å². The highest BCUT2D eigenvalue weighted by molar-refractivity contribution is 5.97. The van der Waals surface area contributed by atoms with Crippen molar-refractivity contribution >= 4 is 64.2 Å². The van der Waals surface area contributed by atoms with Gasteiger partial charge in [-0.3, -0.25) is 38.6 Å². The predicted molar refractivity (Wildman–Crippen MR) is 241 cm³/mol. The average molecular weight is 906 g/mol. The van der Waals surface area contributed by atoms with E-state index in [1.807, 2.05) is 13.8 Å². The quantitative estimate of drug-likeness (QED) is 0.0262. The molecule has 0 unspecified atom stereocenters. The van der Waals surface area contributed by atoms with Crippen LogP contribution in [0.15, 0.2) is 65.8 Å². The molecule has 21 heteroatoms. The fraction of sp³-hybridized carbons (Fsp3) is 0.477. The number of aliphatic imine (C=N–C) groups is 1. The fourth-order valence-corrected chi connectivity index (χ4v) is 6.91. The molecule has 0 aliphatic rings. The van der Waals surface area contributed by atoms with Gasteiger partial charge in [-0.25, -0.2) is 4.79 Å². The zero-order valence-electron chi connectivity index (χ0n) is 37.1. The standard InChI is InChI=1S/C44H63N11O10/c1-24(2)19-32(50-35(56)22-45)40(61)53-33(20-26-11-6-5-7-12-26)41(62)52-31(16-17-36(57)58)38(59)54-34(21-27-23-49-29-14-9-8-13-28(27)29)42(63)51-30(15-10-18-48-44(46)47)39(60)55-37(25(3)4)43(64)65/h5-9,11-14,23-25,30-34,37,49H,10,15-22,45H2,1-4H3,(H,50,56)(H,51,63)(H,52,62)(H,53,61)(H,54,59)(H,55,60)(H,57,58)(H,64,65)(H4,46,47,48)/t30-,31-,32-,33-,34-,37-/m0/s1. The number of nitrogens with two attached hydrogens (primary N) is 3. The maximum absolute atomic E-state index is 14.4. The van der Waals surface area contributed by atoms with Crippen LogP contribution in [-0.4, -0.2) is 118 Å². The van der Waals surface area contributed by atoms with Crippen LogP contribution in [-0.2, 0) is 51.2 Å². The molecule has 354 valence electrons. The molecule has 0 aliphatic heterocycles. The van der Waals surface area contributed by atoms with E-state index in [2.05, 4.69) is 41.9 Å². The summed E-state index contributed by atoms with van der Waals surface area (Å²) in [5.74, 6) is -8.17. The van der Waals surface area contributed by atoms with Gasteiger partial charge >= 0.3 is 11.9 Å². The van der Waals surface area contributed by atoms with Gasteiger partial charge in [-0.2, -0.15) is 0 Å². The number of H-pyrrole nitrogens is 1. The molecule has 3 aromatic rings. The molecule has 6 amide bonds. The lowest BCUT2D eigenvalue weighted by atomic mass is 10.00. The number of aromatic nitrogens is 1. The molecular formula is C44H63N11O10. The van der Waals surface area contributed by atoms with E-state index in [1.165, 1.54) is 0 Å². The minimum absolute atomic E-state index is 0.0493. The number of amides is 6. The number of guanidine groups is 1. The highest BCUT2D eigenvalue weighted by Gasteiger charge is 2.34. The first kappa shape index (κ1) is 52.3. The van der Waals surface area contributed by atoms with Gasteiger partial charge in [0.2, 0.25) is 35.4 Å². The van der Waals surface area contributed by atoms with Crippen LogP contribution in [0.3, 0.4) is 0 Å². The third kappa shape index (κ3) is 17.6. The number of carboxylic acid groups (broad SMARTS) is 2. The van der Waals surface area contributed by atoms with Crippen molar-refractivity contribution < 1.29 is 48.6 Å². The Balaban J connectivity index is 2.01. The Morgan fingerprint density at radius 2 is 1.20 bits per heavy atom. The largest absolute Gasteiger partial charge is 0.481 e. The van der Waals surface area contributed by atoms with E-state index in [0.717, 1.165) is 5.52 Å². The van der Waals surface area contributed by atoms with Crippen molar-refractivity contribution in [3.8, 4) is 0 Å². The zero-order chi connectivity index (χ0) is 48.2. The number of nitrogens with one attached hydrogen (secondary N) is 7. The third-order valence-corrected chi connectivity index (χ3v) is 10.3. The van der Waals surface area contributed by atoms with Gasteiger partial charge in [0, 0.05) is 42.9 Å². The first-order valence-electron chi connectivity index (χ1n) is 21.4. The molecule has 0 radical (unpaired) electrons. The lowest BCUT2D eigenvalue weighted by Gasteiger charge is -2.28. The van der Waals surface area contributed by atoms with Crippen LogP contribution in [0.25, 0.3) is 10.9 Å². The topological polar surface area (TPSA) is 355 Å². The highest BCUT2D eigenvalue weighted by Crippen LogP contribution is 2.20. The first-order chi connectivity index (χ1) is 30.8. The summed E-state index contributed by atoms with van der Waals surface area (Å²) in [4.78, 5) is 113. The Kier molecular flexibility index (Phi) is 20.9. The number of hydrogen-bond acceptors (Lipinski definition) is 10. The van der Waals surface area contributed by atoms with E-state index in [0.29, 0.717) is 16.5 Å². The van der Waals surface area contributed by atoms with Gasteiger partial charge in [0.1, 0.15) is 36.3 Å². The highest BCUT2D eigenvalue weighted by atomic mass is 16.4. The molecule has 0 fully saturated rings. The number of carbonyl (C=O) groups excluding carboxylic acids is 6. The van der Waals surface area contributed by atoms with Crippen molar-refractivity contribution in [2.75, 3.05) is 13.1 Å². The molecule has 0 saturated carbocycles. The van der Waals surface area contributed by atoms with E-state index in [1.54, 1.807) is 74.6 Å². The SMILES string of the molecule is CC(C)C[C@H](NC(=O)CN)C(=O)N[C@@H](Cc1ccccc1)C(=O)N[C@@H](CCC(=O)O)C(=O)N[C@@H](Cc1c[nH]c2ccccc12)C(=O)N[C@@H](CCCN=C(N)N)C(=O)N[C@H](C(=O)O)C(C)C. The van der Waals surface area contributed by atoms with Crippen LogP contribution in [0, 0.1) is 11.8 Å². The smallest absolute Gasteiger partial charge is 0.326 e. The summed E-state index contributed by atoms with van der Waals surface area (Å²) in [5.41, 5.74) is 18.3. The molecule has 0 spiro atoms. The number of benzene rings is 2. The summed E-state index contributed by atoms with van der Waals surface area (Å²) in [7, 11) is 0. The predicted octanol–water partition coefficient (Wildman–Crippen LogP) is -0.474. The first-order valence-corrected chi connectivity index (χ1v) is 21.4. The molecule has 15 N–H and O–H groups in total. The van der Waals surface area contributed by atoms with E-state index < -0.39 is 102 Å². The van der Waals surface area contributed by atoms with Gasteiger partial charge in [-0.05, 0) is 54.7 Å². The molecule has 3 rings (SSSR count). The van der Waals surface area contributed by atoms with Gasteiger partial charge in [-0.15, -0.1) is 0 Å². The number of aromatic amines is 1. The van der Waals surface area contributed by atoms with Crippen molar-refractivity contribution in [3.63, 3.8) is 0 Å². The number of aliphatic carboxylic acids is 2. The van der Waals surface area contributed by atoms with Crippen molar-refractivity contribution in [3.05, 3.63) is 71.9 Å². The second-order valence-electron chi connectivity index (χ2n) is 16.4. The van der Waals surface area contributed by atoms with Crippen molar-refractivity contribution in [1.82, 2.24) is 36.9 Å². The van der Waals surface area contributed by atoms with E-state index in [4.69, 9.17) is 17.2 Å². The van der Waals surface area contributed by atoms with Crippen LogP contribution in [0.1, 0.15) is 70.9 Å². The molecule has 0 aliphatic carbocycles. The summed E-state index contributed by atoms with van der Waals surface area (Å²) in [5, 5.41) is 35.8. The Hall–Kier alpha value is -7.03. The second kappa shape index (κ2) is 25.9. The fourth-order valence-electron chi connectivity index (χ4n) is 6.91. The van der Waals surface area contributed by atoms with Crippen molar-refractivity contribution in [1.29, 1.82) is 0 Å². The zero-order valence-corrected chi connectivity index (χ0v) is 37.1. The van der Waals surface area contributed by atoms with E-state index in [9.17, 15) is 48.6 Å². The van der Waals surface area contributed by atoms with Crippen LogP contribution >= 0.6 is 0 Å². The number of carbonyl (C=O) groups is 8. The summed E-state index contributed by atoms with van der Waals surface area (Å²) >= 11 is 0. The van der Waals surface area contributed by atoms with Gasteiger partial charge < -0.3 is 64.3 Å². The van der Waals surface area contributed by atoms with Gasteiger partial charge in [-0.1, -0.05) is 76.2 Å². The van der Waals surface area contributed by atoms with Gasteiger partial charge in [0.05, 0.1) is 6.54 Å². The Morgan fingerprint density at radius 3 is 1.77 bits per heavy atom. The average Bonchev–Trinajstić information content (AvgIpc) is 3.66. The number of hydrogen-bond donors (Lipinski definition) is 12. The molecular weight excluding hydrogens is 843 g/mol. The molecule has 0 saturated heterocycles. The number of nitrogens with zero attached hydrogens (tertiary/aromatic N) is 1. The van der Waals surface area contributed by atoms with Gasteiger partial charge in [0.25, 0.3) is 0 Å². The van der Waals surface area contributed by atoms with Gasteiger partial charge in [0.15, 0.2) is 5.96 Å². The van der Waals surface area contributed by atoms with Crippen molar-refractivity contribution in [2.24, 2.45) is 34.0 Å². The molecule has 6 atom stereocenters. The Labute approximate surface area is 376 Å². The maximum Gasteiger partial charge on any atom is 0.326 e. The lowest BCUT2D eigenvalue weighted by Crippen LogP contribution is -2.60. The minimum atomic E-state index is -1.57. The van der Waals surface area contributed by atoms with Crippen LogP contribution < -0.4 is 49.1 Å². The normalized spacial score (nSPS) is 13.9. The number of carboxylic acids is 2. The Morgan fingerprint density at radius 1 is 0.662 bits per heavy atom. The number of fused-ring (bicyclic) bond motifs is 1. The monoisotopic (exact) mass is 905 g/mol. The molecule has 1 aromatic heterocycles. The molecule has 65 heavy (non-hydrogen) atoms. The van der Waals surface area contributed by atoms with Crippen molar-refractivity contribution in [2.45, 2.75) is 109 Å². The molecule has 2 aromatic carbocycles. The number of rotatable bonds is 27. The summed E-state index contributed by atoms with van der Waals surface area (Å²) in [6, 6.07) is 7.74. The third-order valence-electron chi connectivity index (χ3n) is 10.3.